The maximum Gasteiger partial charge on any atom is 0.134 e. The van der Waals surface area contributed by atoms with Gasteiger partial charge in [0.05, 0.1) is 0 Å². The Kier molecular flexibility index (Phi) is 1.44. The van der Waals surface area contributed by atoms with E-state index >= 15 is 0 Å². The van der Waals surface area contributed by atoms with Crippen molar-refractivity contribution in [2.45, 2.75) is 18.7 Å². The number of ketones is 1. The van der Waals surface area contributed by atoms with Gasteiger partial charge < -0.3 is 0 Å². The van der Waals surface area contributed by atoms with Crippen LogP contribution in [-0.4, -0.2) is 10.6 Å². The zero-order chi connectivity index (χ0) is 6.31. The number of carbonyl (C=O) groups is 1. The lowest BCUT2D eigenvalue weighted by Gasteiger charge is -1.81. The van der Waals surface area contributed by atoms with Crippen LogP contribution in [0.2, 0.25) is 0 Å². The van der Waals surface area contributed by atoms with E-state index in [-0.39, 0.29) is 0 Å². The quantitative estimate of drug-likeness (QED) is 0.556. The number of hydrogen-bond donors (Lipinski definition) is 0. The summed E-state index contributed by atoms with van der Waals surface area (Å²) in [6.45, 7) is 3.74. The molecule has 0 bridgehead atoms. The van der Waals surface area contributed by atoms with Crippen molar-refractivity contribution in [3.8, 4) is 0 Å². The first-order chi connectivity index (χ1) is 3.64. The largest absolute Gasteiger partial charge is 0.300 e. The zero-order valence-corrected chi connectivity index (χ0v) is 6.60. The Hall–Kier alpha value is 0.150. The average Bonchev–Trinajstić information content (AvgIpc) is 2.15. The SMILES string of the molecule is CC(=O)[C@@H]1[C@@H](C)[C@@H]1Br. The highest BCUT2D eigenvalue weighted by molar-refractivity contribution is 9.09. The van der Waals surface area contributed by atoms with Crippen molar-refractivity contribution in [3.63, 3.8) is 0 Å². The highest BCUT2D eigenvalue weighted by Gasteiger charge is 2.47. The van der Waals surface area contributed by atoms with Gasteiger partial charge in [-0.1, -0.05) is 22.9 Å². The van der Waals surface area contributed by atoms with Crippen molar-refractivity contribution in [2.75, 3.05) is 0 Å². The topological polar surface area (TPSA) is 17.1 Å². The summed E-state index contributed by atoms with van der Waals surface area (Å²) in [6.07, 6.45) is 0. The van der Waals surface area contributed by atoms with Crippen LogP contribution >= 0.6 is 15.9 Å². The van der Waals surface area contributed by atoms with Gasteiger partial charge in [0.15, 0.2) is 0 Å². The predicted molar refractivity (Wildman–Crippen MR) is 36.0 cm³/mol. The predicted octanol–water partition coefficient (Wildman–Crippen LogP) is 1.60. The van der Waals surface area contributed by atoms with E-state index < -0.39 is 0 Å². The fraction of sp³-hybridized carbons (Fsp3) is 0.833. The van der Waals surface area contributed by atoms with Crippen LogP contribution in [0.4, 0.5) is 0 Å². The summed E-state index contributed by atoms with van der Waals surface area (Å²) in [5, 5.41) is 0. The first-order valence-corrected chi connectivity index (χ1v) is 3.70. The Morgan fingerprint density at radius 2 is 2.00 bits per heavy atom. The van der Waals surface area contributed by atoms with Crippen molar-refractivity contribution in [1.29, 1.82) is 0 Å². The number of carbonyl (C=O) groups excluding carboxylic acids is 1. The van der Waals surface area contributed by atoms with E-state index in [4.69, 9.17) is 0 Å². The van der Waals surface area contributed by atoms with Crippen LogP contribution in [0.1, 0.15) is 13.8 Å². The molecule has 46 valence electrons. The molecule has 0 amide bonds. The standard InChI is InChI=1S/C6H9BrO/c1-3-5(4(2)8)6(3)7/h3,5-6H,1-2H3/t3-,5+,6+/m1/s1. The molecule has 0 aromatic carbocycles. The molecule has 1 aliphatic carbocycles. The van der Waals surface area contributed by atoms with Crippen molar-refractivity contribution in [2.24, 2.45) is 11.8 Å². The number of alkyl halides is 1. The van der Waals surface area contributed by atoms with Gasteiger partial charge in [-0.05, 0) is 12.8 Å². The number of rotatable bonds is 1. The lowest BCUT2D eigenvalue weighted by Crippen LogP contribution is -1.94. The second-order valence-corrected chi connectivity index (χ2v) is 3.50. The third-order valence-corrected chi connectivity index (χ3v) is 3.14. The normalized spacial score (nSPS) is 44.1. The summed E-state index contributed by atoms with van der Waals surface area (Å²) in [5.74, 6) is 1.21. The van der Waals surface area contributed by atoms with Crippen LogP contribution in [0.3, 0.4) is 0 Å². The van der Waals surface area contributed by atoms with Gasteiger partial charge in [-0.15, -0.1) is 0 Å². The van der Waals surface area contributed by atoms with Crippen molar-refractivity contribution >= 4 is 21.7 Å². The van der Waals surface area contributed by atoms with Crippen LogP contribution < -0.4 is 0 Å². The van der Waals surface area contributed by atoms with E-state index in [1.54, 1.807) is 6.92 Å². The third-order valence-electron chi connectivity index (χ3n) is 1.74. The summed E-state index contributed by atoms with van der Waals surface area (Å²) in [4.78, 5) is 11.1. The summed E-state index contributed by atoms with van der Waals surface area (Å²) in [7, 11) is 0. The maximum absolute atomic E-state index is 10.6. The number of halogens is 1. The highest BCUT2D eigenvalue weighted by atomic mass is 79.9. The molecule has 8 heavy (non-hydrogen) atoms. The lowest BCUT2D eigenvalue weighted by molar-refractivity contribution is -0.118. The second kappa shape index (κ2) is 1.83. The molecule has 1 rings (SSSR count). The summed E-state index contributed by atoms with van der Waals surface area (Å²) in [6, 6.07) is 0. The van der Waals surface area contributed by atoms with Gasteiger partial charge in [-0.25, -0.2) is 0 Å². The molecular weight excluding hydrogens is 168 g/mol. The van der Waals surface area contributed by atoms with E-state index in [9.17, 15) is 4.79 Å². The Morgan fingerprint density at radius 3 is 2.00 bits per heavy atom. The molecule has 1 nitrogen and oxygen atoms in total. The van der Waals surface area contributed by atoms with Gasteiger partial charge in [0.25, 0.3) is 0 Å². The molecular formula is C6H9BrO. The van der Waals surface area contributed by atoms with Crippen molar-refractivity contribution < 1.29 is 4.79 Å². The van der Waals surface area contributed by atoms with Crippen LogP contribution in [0, 0.1) is 11.8 Å². The summed E-state index contributed by atoms with van der Waals surface area (Å²) in [5.41, 5.74) is 0. The van der Waals surface area contributed by atoms with Crippen LogP contribution in [0.25, 0.3) is 0 Å². The summed E-state index contributed by atoms with van der Waals surface area (Å²) < 4.78 is 0. The zero-order valence-electron chi connectivity index (χ0n) is 5.02. The molecule has 0 aliphatic heterocycles. The third kappa shape index (κ3) is 0.815. The van der Waals surface area contributed by atoms with Gasteiger partial charge in [-0.3, -0.25) is 4.79 Å². The molecule has 1 fully saturated rings. The Bertz CT molecular complexity index is 114. The minimum absolute atomic E-state index is 0.315. The van der Waals surface area contributed by atoms with Gasteiger partial charge in [-0.2, -0.15) is 0 Å². The second-order valence-electron chi connectivity index (χ2n) is 2.44. The maximum atomic E-state index is 10.6. The fourth-order valence-corrected chi connectivity index (χ4v) is 2.01. The molecule has 1 saturated carbocycles. The summed E-state index contributed by atoms with van der Waals surface area (Å²) >= 11 is 3.39. The Labute approximate surface area is 57.6 Å². The molecule has 3 atom stereocenters. The van der Waals surface area contributed by atoms with Crippen LogP contribution in [-0.2, 0) is 4.79 Å². The molecule has 0 N–H and O–H groups in total. The number of Topliss-reactive ketones (excluding diaryl/α,β-unsaturated/α-hetero) is 1. The molecule has 0 unspecified atom stereocenters. The molecule has 0 heterocycles. The minimum Gasteiger partial charge on any atom is -0.300 e. The highest BCUT2D eigenvalue weighted by Crippen LogP contribution is 2.45. The smallest absolute Gasteiger partial charge is 0.134 e. The fourth-order valence-electron chi connectivity index (χ4n) is 1.01. The Morgan fingerprint density at radius 1 is 1.62 bits per heavy atom. The van der Waals surface area contributed by atoms with Gasteiger partial charge >= 0.3 is 0 Å². The molecule has 1 aliphatic rings. The monoisotopic (exact) mass is 176 g/mol. The number of hydrogen-bond acceptors (Lipinski definition) is 1. The Balaban J connectivity index is 2.44. The van der Waals surface area contributed by atoms with Crippen molar-refractivity contribution in [1.82, 2.24) is 0 Å². The van der Waals surface area contributed by atoms with E-state index in [0.717, 1.165) is 0 Å². The molecule has 0 aromatic rings. The van der Waals surface area contributed by atoms with Crippen LogP contribution in [0.5, 0.6) is 0 Å². The molecule has 0 aromatic heterocycles. The molecule has 2 heteroatoms. The van der Waals surface area contributed by atoms with Crippen molar-refractivity contribution in [3.05, 3.63) is 0 Å². The minimum atomic E-state index is 0.315. The van der Waals surface area contributed by atoms with E-state index in [2.05, 4.69) is 22.9 Å². The average molecular weight is 177 g/mol. The first kappa shape index (κ1) is 6.27. The van der Waals surface area contributed by atoms with E-state index in [0.29, 0.717) is 22.4 Å². The van der Waals surface area contributed by atoms with Gasteiger partial charge in [0.1, 0.15) is 5.78 Å². The van der Waals surface area contributed by atoms with Gasteiger partial charge in [0.2, 0.25) is 0 Å². The van der Waals surface area contributed by atoms with E-state index in [1.165, 1.54) is 0 Å². The molecule has 0 radical (unpaired) electrons. The van der Waals surface area contributed by atoms with E-state index in [1.807, 2.05) is 0 Å². The van der Waals surface area contributed by atoms with Gasteiger partial charge in [0, 0.05) is 10.7 Å². The molecule has 0 spiro atoms. The van der Waals surface area contributed by atoms with Crippen LogP contribution in [0.15, 0.2) is 0 Å². The molecule has 0 saturated heterocycles. The lowest BCUT2D eigenvalue weighted by atomic mass is 10.2. The first-order valence-electron chi connectivity index (χ1n) is 2.79.